The standard InChI is InChI=1S/C11H14N2O2S2/c1-11(2,3)7-4-5-8-9(6-7)17(14,15)13-10(16)12-8/h4-6H,1-3H3,(H2,12,13,16). The van der Waals surface area contributed by atoms with E-state index in [0.29, 0.717) is 5.69 Å². The lowest BCUT2D eigenvalue weighted by molar-refractivity contribution is 0.582. The van der Waals surface area contributed by atoms with Crippen molar-refractivity contribution in [3.8, 4) is 0 Å². The van der Waals surface area contributed by atoms with Crippen LogP contribution in [-0.4, -0.2) is 13.5 Å². The SMILES string of the molecule is CC(C)(C)c1ccc2c(c1)S(=O)(=O)NC(=S)N2. The number of sulfonamides is 1. The van der Waals surface area contributed by atoms with Gasteiger partial charge in [-0.15, -0.1) is 0 Å². The lowest BCUT2D eigenvalue weighted by Gasteiger charge is -2.24. The highest BCUT2D eigenvalue weighted by atomic mass is 32.2. The largest absolute Gasteiger partial charge is 0.331 e. The molecule has 0 saturated heterocycles. The second-order valence-electron chi connectivity index (χ2n) is 5.02. The molecule has 1 aliphatic heterocycles. The van der Waals surface area contributed by atoms with Gasteiger partial charge in [-0.3, -0.25) is 4.72 Å². The Balaban J connectivity index is 2.64. The fourth-order valence-corrected chi connectivity index (χ4v) is 3.17. The van der Waals surface area contributed by atoms with Crippen molar-refractivity contribution in [1.82, 2.24) is 4.72 Å². The zero-order valence-electron chi connectivity index (χ0n) is 9.87. The predicted molar refractivity (Wildman–Crippen MR) is 71.7 cm³/mol. The van der Waals surface area contributed by atoms with E-state index in [1.165, 1.54) is 0 Å². The summed E-state index contributed by atoms with van der Waals surface area (Å²) in [6.07, 6.45) is 0. The molecule has 6 heteroatoms. The summed E-state index contributed by atoms with van der Waals surface area (Å²) in [7, 11) is -3.53. The molecule has 0 fully saturated rings. The van der Waals surface area contributed by atoms with Crippen molar-refractivity contribution in [2.45, 2.75) is 31.1 Å². The number of thiocarbonyl (C=S) groups is 1. The van der Waals surface area contributed by atoms with Gasteiger partial charge < -0.3 is 5.32 Å². The molecule has 1 heterocycles. The zero-order chi connectivity index (χ0) is 12.8. The quantitative estimate of drug-likeness (QED) is 0.708. The Morgan fingerprint density at radius 2 is 1.88 bits per heavy atom. The Morgan fingerprint density at radius 1 is 1.24 bits per heavy atom. The molecule has 4 nitrogen and oxygen atoms in total. The van der Waals surface area contributed by atoms with Crippen LogP contribution in [0.15, 0.2) is 23.1 Å². The first-order chi connectivity index (χ1) is 7.70. The minimum Gasteiger partial charge on any atom is -0.331 e. The molecule has 1 aromatic rings. The fourth-order valence-electron chi connectivity index (χ4n) is 1.64. The molecule has 0 spiro atoms. The van der Waals surface area contributed by atoms with Gasteiger partial charge in [-0.1, -0.05) is 26.8 Å². The van der Waals surface area contributed by atoms with Gasteiger partial charge >= 0.3 is 0 Å². The molecule has 1 aliphatic rings. The van der Waals surface area contributed by atoms with E-state index < -0.39 is 10.0 Å². The number of hydrogen-bond acceptors (Lipinski definition) is 3. The van der Waals surface area contributed by atoms with Gasteiger partial charge in [0.1, 0.15) is 4.90 Å². The van der Waals surface area contributed by atoms with Gasteiger partial charge in [0.15, 0.2) is 5.11 Å². The van der Waals surface area contributed by atoms with Crippen LogP contribution in [0.2, 0.25) is 0 Å². The van der Waals surface area contributed by atoms with E-state index in [-0.39, 0.29) is 15.4 Å². The summed E-state index contributed by atoms with van der Waals surface area (Å²) in [5, 5.41) is 2.95. The second kappa shape index (κ2) is 3.68. The maximum atomic E-state index is 11.9. The molecule has 0 amide bonds. The van der Waals surface area contributed by atoms with Crippen LogP contribution in [0.4, 0.5) is 5.69 Å². The Bertz CT molecular complexity index is 586. The van der Waals surface area contributed by atoms with Crippen molar-refractivity contribution in [2.75, 3.05) is 5.32 Å². The molecule has 1 aromatic carbocycles. The number of rotatable bonds is 0. The molecule has 0 aliphatic carbocycles. The maximum Gasteiger partial charge on any atom is 0.265 e. The van der Waals surface area contributed by atoms with Crippen molar-refractivity contribution >= 4 is 33.0 Å². The normalized spacial score (nSPS) is 17.9. The summed E-state index contributed by atoms with van der Waals surface area (Å²) in [5.74, 6) is 0. The lowest BCUT2D eigenvalue weighted by Crippen LogP contribution is -2.39. The predicted octanol–water partition coefficient (Wildman–Crippen LogP) is 1.97. The Labute approximate surface area is 106 Å². The average Bonchev–Trinajstić information content (AvgIpc) is 2.13. The second-order valence-corrected chi connectivity index (χ2v) is 7.08. The van der Waals surface area contributed by atoms with Gasteiger partial charge in [-0.2, -0.15) is 0 Å². The number of benzene rings is 1. The van der Waals surface area contributed by atoms with Crippen molar-refractivity contribution < 1.29 is 8.42 Å². The Morgan fingerprint density at radius 3 is 2.47 bits per heavy atom. The first kappa shape index (κ1) is 12.3. The van der Waals surface area contributed by atoms with Crippen molar-refractivity contribution in [3.63, 3.8) is 0 Å². The highest BCUT2D eigenvalue weighted by molar-refractivity contribution is 7.92. The Hall–Kier alpha value is -1.14. The van der Waals surface area contributed by atoms with Crippen LogP contribution in [-0.2, 0) is 15.4 Å². The van der Waals surface area contributed by atoms with Crippen LogP contribution in [0.1, 0.15) is 26.3 Å². The number of nitrogens with one attached hydrogen (secondary N) is 2. The van der Waals surface area contributed by atoms with E-state index in [2.05, 4.69) is 10.0 Å². The molecule has 0 radical (unpaired) electrons. The van der Waals surface area contributed by atoms with Gasteiger partial charge in [0.05, 0.1) is 5.69 Å². The molecule has 0 bridgehead atoms. The molecule has 0 aromatic heterocycles. The van der Waals surface area contributed by atoms with Crippen LogP contribution >= 0.6 is 12.2 Å². The number of anilines is 1. The van der Waals surface area contributed by atoms with E-state index in [0.717, 1.165) is 5.56 Å². The van der Waals surface area contributed by atoms with Crippen LogP contribution in [0, 0.1) is 0 Å². The van der Waals surface area contributed by atoms with Gasteiger partial charge in [0.25, 0.3) is 10.0 Å². The number of fused-ring (bicyclic) bond motifs is 1. The van der Waals surface area contributed by atoms with Crippen LogP contribution in [0.3, 0.4) is 0 Å². The lowest BCUT2D eigenvalue weighted by atomic mass is 9.87. The first-order valence-corrected chi connectivity index (χ1v) is 7.08. The van der Waals surface area contributed by atoms with Crippen molar-refractivity contribution in [2.24, 2.45) is 0 Å². The highest BCUT2D eigenvalue weighted by Gasteiger charge is 2.27. The molecular weight excluding hydrogens is 256 g/mol. The molecular formula is C11H14N2O2S2. The summed E-state index contributed by atoms with van der Waals surface area (Å²) in [6, 6.07) is 5.35. The third-order valence-electron chi connectivity index (χ3n) is 2.61. The maximum absolute atomic E-state index is 11.9. The molecule has 2 rings (SSSR count). The van der Waals surface area contributed by atoms with Crippen molar-refractivity contribution in [3.05, 3.63) is 23.8 Å². The van der Waals surface area contributed by atoms with Gasteiger partial charge in [-0.05, 0) is 35.3 Å². The molecule has 0 unspecified atom stereocenters. The third kappa shape index (κ3) is 2.28. The summed E-state index contributed by atoms with van der Waals surface area (Å²) >= 11 is 4.84. The van der Waals surface area contributed by atoms with Crippen molar-refractivity contribution in [1.29, 1.82) is 0 Å². The van der Waals surface area contributed by atoms with Crippen LogP contribution in [0.25, 0.3) is 0 Å². The van der Waals surface area contributed by atoms with Gasteiger partial charge in [0.2, 0.25) is 0 Å². The minimum absolute atomic E-state index is 0.0947. The number of hydrogen-bond donors (Lipinski definition) is 2. The third-order valence-corrected chi connectivity index (χ3v) is 4.34. The monoisotopic (exact) mass is 270 g/mol. The van der Waals surface area contributed by atoms with E-state index >= 15 is 0 Å². The van der Waals surface area contributed by atoms with E-state index in [1.54, 1.807) is 12.1 Å². The summed E-state index contributed by atoms with van der Waals surface area (Å²) in [5.41, 5.74) is 1.40. The van der Waals surface area contributed by atoms with E-state index in [4.69, 9.17) is 12.2 Å². The minimum atomic E-state index is -3.53. The average molecular weight is 270 g/mol. The molecule has 2 N–H and O–H groups in total. The molecule has 17 heavy (non-hydrogen) atoms. The molecule has 0 atom stereocenters. The summed E-state index contributed by atoms with van der Waals surface area (Å²) in [4.78, 5) is 0.249. The smallest absolute Gasteiger partial charge is 0.265 e. The van der Waals surface area contributed by atoms with Crippen LogP contribution in [0.5, 0.6) is 0 Å². The summed E-state index contributed by atoms with van der Waals surface area (Å²) < 4.78 is 26.1. The zero-order valence-corrected chi connectivity index (χ0v) is 11.5. The Kier molecular flexibility index (Phi) is 2.67. The molecule has 0 saturated carbocycles. The first-order valence-electron chi connectivity index (χ1n) is 5.18. The van der Waals surface area contributed by atoms with Crippen LogP contribution < -0.4 is 10.0 Å². The topological polar surface area (TPSA) is 58.2 Å². The van der Waals surface area contributed by atoms with Gasteiger partial charge in [0, 0.05) is 0 Å². The molecule has 92 valence electrons. The van der Waals surface area contributed by atoms with E-state index in [1.807, 2.05) is 26.8 Å². The fraction of sp³-hybridized carbons (Fsp3) is 0.364. The van der Waals surface area contributed by atoms with Gasteiger partial charge in [-0.25, -0.2) is 8.42 Å². The highest BCUT2D eigenvalue weighted by Crippen LogP contribution is 2.30. The summed E-state index contributed by atoms with van der Waals surface area (Å²) in [6.45, 7) is 6.11. The van der Waals surface area contributed by atoms with E-state index in [9.17, 15) is 8.42 Å².